The van der Waals surface area contributed by atoms with E-state index in [4.69, 9.17) is 0 Å². The highest BCUT2D eigenvalue weighted by Crippen LogP contribution is 2.30. The van der Waals surface area contributed by atoms with Crippen molar-refractivity contribution in [2.45, 2.75) is 32.8 Å². The van der Waals surface area contributed by atoms with Crippen molar-refractivity contribution >= 4 is 17.8 Å². The number of carbonyl (C=O) groups excluding carboxylic acids is 3. The molecule has 1 unspecified atom stereocenters. The van der Waals surface area contributed by atoms with Crippen LogP contribution in [0, 0.1) is 5.41 Å². The molecule has 0 aromatic rings. The second-order valence-corrected chi connectivity index (χ2v) is 3.73. The van der Waals surface area contributed by atoms with Gasteiger partial charge < -0.3 is 5.11 Å². The van der Waals surface area contributed by atoms with E-state index >= 15 is 0 Å². The van der Waals surface area contributed by atoms with Crippen molar-refractivity contribution in [2.75, 3.05) is 0 Å². The molecular formula is C9H14N2O4. The third kappa shape index (κ3) is 1.99. The summed E-state index contributed by atoms with van der Waals surface area (Å²) in [6, 6.07) is -0.806. The molecule has 1 fully saturated rings. The second-order valence-electron chi connectivity index (χ2n) is 3.73. The molecule has 1 atom stereocenters. The van der Waals surface area contributed by atoms with Gasteiger partial charge in [0.05, 0.1) is 6.10 Å². The quantitative estimate of drug-likeness (QED) is 0.553. The maximum Gasteiger partial charge on any atom is 0.328 e. The first-order valence-electron chi connectivity index (χ1n) is 4.77. The van der Waals surface area contributed by atoms with Crippen molar-refractivity contribution in [2.24, 2.45) is 5.41 Å². The van der Waals surface area contributed by atoms with Gasteiger partial charge in [-0.3, -0.25) is 20.2 Å². The van der Waals surface area contributed by atoms with Gasteiger partial charge in [0.1, 0.15) is 5.41 Å². The summed E-state index contributed by atoms with van der Waals surface area (Å²) in [4.78, 5) is 34.0. The molecule has 1 rings (SSSR count). The Morgan fingerprint density at radius 3 is 2.07 bits per heavy atom. The van der Waals surface area contributed by atoms with Crippen LogP contribution >= 0.6 is 0 Å². The van der Waals surface area contributed by atoms with Crippen LogP contribution in [0.5, 0.6) is 0 Å². The largest absolute Gasteiger partial charge is 0.393 e. The molecule has 0 aromatic carbocycles. The van der Waals surface area contributed by atoms with Crippen molar-refractivity contribution < 1.29 is 19.5 Å². The van der Waals surface area contributed by atoms with Crippen molar-refractivity contribution in [3.8, 4) is 0 Å². The Morgan fingerprint density at radius 1 is 1.27 bits per heavy atom. The lowest BCUT2D eigenvalue weighted by atomic mass is 9.77. The van der Waals surface area contributed by atoms with Gasteiger partial charge in [-0.25, -0.2) is 4.79 Å². The lowest BCUT2D eigenvalue weighted by Gasteiger charge is -2.33. The van der Waals surface area contributed by atoms with Gasteiger partial charge in [-0.05, 0) is 19.8 Å². The van der Waals surface area contributed by atoms with E-state index in [-0.39, 0.29) is 12.8 Å². The summed E-state index contributed by atoms with van der Waals surface area (Å²) < 4.78 is 0. The van der Waals surface area contributed by atoms with E-state index < -0.39 is 29.4 Å². The zero-order valence-electron chi connectivity index (χ0n) is 8.66. The molecule has 0 radical (unpaired) electrons. The molecule has 0 bridgehead atoms. The number of hydrogen-bond acceptors (Lipinski definition) is 4. The van der Waals surface area contributed by atoms with Crippen LogP contribution in [0.4, 0.5) is 4.79 Å². The molecule has 1 aliphatic rings. The number of urea groups is 1. The second kappa shape index (κ2) is 3.98. The van der Waals surface area contributed by atoms with Crippen LogP contribution in [0.3, 0.4) is 0 Å². The number of nitrogens with one attached hydrogen (secondary N) is 2. The maximum absolute atomic E-state index is 11.6. The van der Waals surface area contributed by atoms with E-state index in [9.17, 15) is 19.5 Å². The number of imide groups is 2. The fourth-order valence-electron chi connectivity index (χ4n) is 1.74. The van der Waals surface area contributed by atoms with E-state index in [2.05, 4.69) is 0 Å². The first kappa shape index (κ1) is 11.6. The predicted octanol–water partition coefficient (Wildman–Crippen LogP) is -0.480. The summed E-state index contributed by atoms with van der Waals surface area (Å²) in [6.45, 7) is 3.16. The summed E-state index contributed by atoms with van der Waals surface area (Å²) in [5.74, 6) is -1.28. The molecule has 1 aliphatic heterocycles. The Kier molecular flexibility index (Phi) is 3.09. The highest BCUT2D eigenvalue weighted by Gasteiger charge is 2.49. The van der Waals surface area contributed by atoms with Gasteiger partial charge in [-0.1, -0.05) is 6.92 Å². The SMILES string of the molecule is CCC1(CC(C)O)C(=O)NC(=O)NC1=O. The Bertz CT molecular complexity index is 291. The average Bonchev–Trinajstić information content (AvgIpc) is 2.11. The molecule has 3 N–H and O–H groups in total. The molecule has 0 aliphatic carbocycles. The standard InChI is InChI=1S/C9H14N2O4/c1-3-9(4-5(2)12)6(13)10-8(15)11-7(9)14/h5,12H,3-4H2,1-2H3,(H2,10,11,13,14,15). The van der Waals surface area contributed by atoms with Crippen LogP contribution in [-0.4, -0.2) is 29.1 Å². The van der Waals surface area contributed by atoms with Crippen LogP contribution in [-0.2, 0) is 9.59 Å². The van der Waals surface area contributed by atoms with Crippen molar-refractivity contribution in [3.05, 3.63) is 0 Å². The third-order valence-corrected chi connectivity index (χ3v) is 2.57. The van der Waals surface area contributed by atoms with Crippen molar-refractivity contribution in [3.63, 3.8) is 0 Å². The lowest BCUT2D eigenvalue weighted by molar-refractivity contribution is -0.146. The molecule has 6 nitrogen and oxygen atoms in total. The first-order chi connectivity index (χ1) is 6.92. The molecule has 0 aromatic heterocycles. The lowest BCUT2D eigenvalue weighted by Crippen LogP contribution is -2.62. The molecule has 15 heavy (non-hydrogen) atoms. The van der Waals surface area contributed by atoms with E-state index in [1.165, 1.54) is 6.92 Å². The zero-order valence-corrected chi connectivity index (χ0v) is 8.66. The Morgan fingerprint density at radius 2 is 1.73 bits per heavy atom. The first-order valence-corrected chi connectivity index (χ1v) is 4.77. The van der Waals surface area contributed by atoms with E-state index in [0.717, 1.165) is 0 Å². The predicted molar refractivity (Wildman–Crippen MR) is 50.7 cm³/mol. The van der Waals surface area contributed by atoms with Gasteiger partial charge in [0, 0.05) is 0 Å². The monoisotopic (exact) mass is 214 g/mol. The van der Waals surface area contributed by atoms with Crippen LogP contribution in [0.25, 0.3) is 0 Å². The summed E-state index contributed by atoms with van der Waals surface area (Å²) >= 11 is 0. The number of aliphatic hydroxyl groups is 1. The van der Waals surface area contributed by atoms with Crippen LogP contribution < -0.4 is 10.6 Å². The summed E-state index contributed by atoms with van der Waals surface area (Å²) in [6.07, 6.45) is -0.535. The fraction of sp³-hybridized carbons (Fsp3) is 0.667. The van der Waals surface area contributed by atoms with Gasteiger partial charge in [0.2, 0.25) is 11.8 Å². The highest BCUT2D eigenvalue weighted by atomic mass is 16.3. The molecule has 0 saturated carbocycles. The maximum atomic E-state index is 11.6. The summed E-state index contributed by atoms with van der Waals surface area (Å²) in [7, 11) is 0. The van der Waals surface area contributed by atoms with Crippen molar-refractivity contribution in [1.82, 2.24) is 10.6 Å². The van der Waals surface area contributed by atoms with Gasteiger partial charge in [0.15, 0.2) is 0 Å². The molecule has 1 saturated heterocycles. The number of barbiturate groups is 1. The number of aliphatic hydroxyl groups excluding tert-OH is 1. The van der Waals surface area contributed by atoms with Gasteiger partial charge in [-0.2, -0.15) is 0 Å². The minimum atomic E-state index is -1.33. The number of amides is 4. The average molecular weight is 214 g/mol. The normalized spacial score (nSPS) is 21.9. The summed E-state index contributed by atoms with van der Waals surface area (Å²) in [5, 5.41) is 13.3. The van der Waals surface area contributed by atoms with Gasteiger partial charge in [-0.15, -0.1) is 0 Å². The third-order valence-electron chi connectivity index (χ3n) is 2.57. The Labute approximate surface area is 87.0 Å². The molecular weight excluding hydrogens is 200 g/mol. The smallest absolute Gasteiger partial charge is 0.328 e. The molecule has 6 heteroatoms. The summed E-state index contributed by atoms with van der Waals surface area (Å²) in [5.41, 5.74) is -1.33. The van der Waals surface area contributed by atoms with Crippen LogP contribution in [0.1, 0.15) is 26.7 Å². The van der Waals surface area contributed by atoms with Gasteiger partial charge in [0.25, 0.3) is 0 Å². The fourth-order valence-corrected chi connectivity index (χ4v) is 1.74. The van der Waals surface area contributed by atoms with E-state index in [1.807, 2.05) is 10.6 Å². The Hall–Kier alpha value is -1.43. The molecule has 84 valence electrons. The number of carbonyl (C=O) groups is 3. The molecule has 0 spiro atoms. The minimum Gasteiger partial charge on any atom is -0.393 e. The zero-order chi connectivity index (χ0) is 11.6. The molecule has 4 amide bonds. The van der Waals surface area contributed by atoms with E-state index in [0.29, 0.717) is 0 Å². The molecule has 1 heterocycles. The number of hydrogen-bond donors (Lipinski definition) is 3. The topological polar surface area (TPSA) is 95.5 Å². The van der Waals surface area contributed by atoms with E-state index in [1.54, 1.807) is 6.92 Å². The minimum absolute atomic E-state index is 0.00838. The van der Waals surface area contributed by atoms with Gasteiger partial charge >= 0.3 is 6.03 Å². The van der Waals surface area contributed by atoms with Crippen molar-refractivity contribution in [1.29, 1.82) is 0 Å². The highest BCUT2D eigenvalue weighted by molar-refractivity contribution is 6.19. The van der Waals surface area contributed by atoms with Crippen LogP contribution in [0.15, 0.2) is 0 Å². The Balaban J connectivity index is 3.00. The number of rotatable bonds is 3. The van der Waals surface area contributed by atoms with Crippen LogP contribution in [0.2, 0.25) is 0 Å².